The number of likely N-dealkylation sites (tertiary alicyclic amines) is 1. The molecule has 2 aliphatic rings. The van der Waals surface area contributed by atoms with Gasteiger partial charge in [-0.1, -0.05) is 19.3 Å². The molecule has 1 heterocycles. The van der Waals surface area contributed by atoms with Gasteiger partial charge in [0.2, 0.25) is 0 Å². The first kappa shape index (κ1) is 19.1. The van der Waals surface area contributed by atoms with Crippen molar-refractivity contribution in [2.24, 2.45) is 11.8 Å². The van der Waals surface area contributed by atoms with E-state index in [0.717, 1.165) is 31.4 Å². The van der Waals surface area contributed by atoms with Crippen LogP contribution in [0.3, 0.4) is 0 Å². The lowest BCUT2D eigenvalue weighted by Gasteiger charge is -2.41. The molecule has 1 amide bonds. The summed E-state index contributed by atoms with van der Waals surface area (Å²) in [5, 5.41) is 13.8. The summed E-state index contributed by atoms with van der Waals surface area (Å²) < 4.78 is 5.11. The SMILES string of the molecule is CNc1ccc(C(=O)OCC(=O)N2CC[C@@H]3CCCC[C@@H]3C2)cc1[N+](=O)[O-]. The van der Waals surface area contributed by atoms with Crippen molar-refractivity contribution in [2.45, 2.75) is 32.1 Å². The van der Waals surface area contributed by atoms with Crippen LogP contribution in [0.25, 0.3) is 0 Å². The van der Waals surface area contributed by atoms with Gasteiger partial charge in [-0.15, -0.1) is 0 Å². The maximum atomic E-state index is 12.4. The summed E-state index contributed by atoms with van der Waals surface area (Å²) in [6, 6.07) is 4.05. The van der Waals surface area contributed by atoms with Crippen LogP contribution in [0, 0.1) is 22.0 Å². The number of rotatable bonds is 5. The molecule has 1 aliphatic heterocycles. The van der Waals surface area contributed by atoms with Gasteiger partial charge in [-0.2, -0.15) is 0 Å². The molecule has 0 spiro atoms. The molecule has 0 bridgehead atoms. The number of fused-ring (bicyclic) bond motifs is 1. The van der Waals surface area contributed by atoms with Crippen molar-refractivity contribution in [2.75, 3.05) is 32.1 Å². The molecule has 146 valence electrons. The van der Waals surface area contributed by atoms with E-state index in [2.05, 4.69) is 5.32 Å². The molecule has 2 fully saturated rings. The molecule has 2 atom stereocenters. The zero-order chi connectivity index (χ0) is 19.4. The molecule has 1 aliphatic carbocycles. The third kappa shape index (κ3) is 4.37. The van der Waals surface area contributed by atoms with Crippen LogP contribution in [0.4, 0.5) is 11.4 Å². The molecule has 0 radical (unpaired) electrons. The predicted octanol–water partition coefficient (Wildman–Crippen LogP) is 2.83. The van der Waals surface area contributed by atoms with Crippen LogP contribution < -0.4 is 5.32 Å². The fourth-order valence-corrected chi connectivity index (χ4v) is 4.15. The van der Waals surface area contributed by atoms with Gasteiger partial charge in [-0.05, 0) is 36.8 Å². The van der Waals surface area contributed by atoms with E-state index in [4.69, 9.17) is 4.74 Å². The number of ether oxygens (including phenoxy) is 1. The summed E-state index contributed by atoms with van der Waals surface area (Å²) in [5.74, 6) is 0.343. The van der Waals surface area contributed by atoms with Crippen LogP contribution in [-0.4, -0.2) is 48.4 Å². The molecule has 27 heavy (non-hydrogen) atoms. The Labute approximate surface area is 158 Å². The van der Waals surface area contributed by atoms with E-state index in [9.17, 15) is 19.7 Å². The van der Waals surface area contributed by atoms with Crippen molar-refractivity contribution in [1.82, 2.24) is 4.90 Å². The maximum absolute atomic E-state index is 12.4. The topological polar surface area (TPSA) is 102 Å². The quantitative estimate of drug-likeness (QED) is 0.482. The van der Waals surface area contributed by atoms with Crippen molar-refractivity contribution >= 4 is 23.3 Å². The highest BCUT2D eigenvalue weighted by Gasteiger charge is 2.33. The molecule has 1 saturated carbocycles. The second kappa shape index (κ2) is 8.37. The number of nitrogens with zero attached hydrogens (tertiary/aromatic N) is 2. The number of benzene rings is 1. The van der Waals surface area contributed by atoms with E-state index < -0.39 is 10.9 Å². The molecule has 3 rings (SSSR count). The Morgan fingerprint density at radius 1 is 1.26 bits per heavy atom. The van der Waals surface area contributed by atoms with E-state index in [0.29, 0.717) is 18.2 Å². The number of anilines is 1. The molecule has 1 saturated heterocycles. The monoisotopic (exact) mass is 375 g/mol. The molecule has 1 aromatic carbocycles. The Kier molecular flexibility index (Phi) is 5.93. The Hall–Kier alpha value is -2.64. The van der Waals surface area contributed by atoms with Gasteiger partial charge in [-0.3, -0.25) is 14.9 Å². The predicted molar refractivity (Wildman–Crippen MR) is 99.6 cm³/mol. The smallest absolute Gasteiger partial charge is 0.338 e. The normalized spacial score (nSPS) is 21.9. The lowest BCUT2D eigenvalue weighted by molar-refractivity contribution is -0.384. The zero-order valence-electron chi connectivity index (χ0n) is 15.5. The number of carbonyl (C=O) groups excluding carboxylic acids is 2. The molecule has 1 N–H and O–H groups in total. The largest absolute Gasteiger partial charge is 0.452 e. The second-order valence-corrected chi connectivity index (χ2v) is 7.25. The average molecular weight is 375 g/mol. The van der Waals surface area contributed by atoms with Gasteiger partial charge in [0.15, 0.2) is 6.61 Å². The van der Waals surface area contributed by atoms with Gasteiger partial charge in [0.1, 0.15) is 5.69 Å². The number of amides is 1. The van der Waals surface area contributed by atoms with Gasteiger partial charge in [0.25, 0.3) is 11.6 Å². The number of esters is 1. The number of nitro benzene ring substituents is 1. The summed E-state index contributed by atoms with van der Waals surface area (Å²) in [6.07, 6.45) is 5.94. The minimum Gasteiger partial charge on any atom is -0.452 e. The van der Waals surface area contributed by atoms with Crippen molar-refractivity contribution in [1.29, 1.82) is 0 Å². The van der Waals surface area contributed by atoms with Gasteiger partial charge >= 0.3 is 5.97 Å². The van der Waals surface area contributed by atoms with Crippen LogP contribution in [0.5, 0.6) is 0 Å². The van der Waals surface area contributed by atoms with E-state index in [1.54, 1.807) is 11.9 Å². The Bertz CT molecular complexity index is 736. The number of nitro groups is 1. The van der Waals surface area contributed by atoms with Crippen LogP contribution in [-0.2, 0) is 9.53 Å². The molecular formula is C19H25N3O5. The van der Waals surface area contributed by atoms with E-state index in [-0.39, 0.29) is 23.8 Å². The minimum absolute atomic E-state index is 0.0551. The average Bonchev–Trinajstić information content (AvgIpc) is 2.70. The van der Waals surface area contributed by atoms with E-state index in [1.807, 2.05) is 0 Å². The fraction of sp³-hybridized carbons (Fsp3) is 0.579. The summed E-state index contributed by atoms with van der Waals surface area (Å²) in [5.41, 5.74) is 0.153. The first-order valence-corrected chi connectivity index (χ1v) is 9.40. The first-order valence-electron chi connectivity index (χ1n) is 9.40. The Morgan fingerprint density at radius 2 is 2.00 bits per heavy atom. The molecular weight excluding hydrogens is 350 g/mol. The van der Waals surface area contributed by atoms with Crippen molar-refractivity contribution in [3.8, 4) is 0 Å². The van der Waals surface area contributed by atoms with E-state index in [1.165, 1.54) is 31.4 Å². The minimum atomic E-state index is -0.735. The van der Waals surface area contributed by atoms with E-state index >= 15 is 0 Å². The number of hydrogen-bond acceptors (Lipinski definition) is 6. The molecule has 0 unspecified atom stereocenters. The highest BCUT2D eigenvalue weighted by molar-refractivity contribution is 5.93. The Balaban J connectivity index is 1.56. The molecule has 1 aromatic rings. The van der Waals surface area contributed by atoms with Crippen LogP contribution in [0.15, 0.2) is 18.2 Å². The van der Waals surface area contributed by atoms with Gasteiger partial charge in [0.05, 0.1) is 10.5 Å². The summed E-state index contributed by atoms with van der Waals surface area (Å²) >= 11 is 0. The summed E-state index contributed by atoms with van der Waals surface area (Å²) in [7, 11) is 1.56. The van der Waals surface area contributed by atoms with Gasteiger partial charge < -0.3 is 15.0 Å². The standard InChI is InChI=1S/C19H25N3O5/c1-20-16-7-6-14(10-17(16)22(25)26)19(24)27-12-18(23)21-9-8-13-4-2-3-5-15(13)11-21/h6-7,10,13,15,20H,2-5,8-9,11-12H2,1H3/t13-,15+/m0/s1. The molecule has 8 heteroatoms. The lowest BCUT2D eigenvalue weighted by atomic mass is 9.75. The van der Waals surface area contributed by atoms with Crippen LogP contribution in [0.1, 0.15) is 42.5 Å². The number of nitrogens with one attached hydrogen (secondary N) is 1. The Morgan fingerprint density at radius 3 is 2.70 bits per heavy atom. The van der Waals surface area contributed by atoms with Crippen LogP contribution >= 0.6 is 0 Å². The fourth-order valence-electron chi connectivity index (χ4n) is 4.15. The third-order valence-corrected chi connectivity index (χ3v) is 5.67. The first-order chi connectivity index (χ1) is 13.0. The van der Waals surface area contributed by atoms with Gasteiger partial charge in [-0.25, -0.2) is 4.79 Å². The van der Waals surface area contributed by atoms with Crippen LogP contribution in [0.2, 0.25) is 0 Å². The highest BCUT2D eigenvalue weighted by Crippen LogP contribution is 2.36. The number of hydrogen-bond donors (Lipinski definition) is 1. The molecule has 0 aromatic heterocycles. The lowest BCUT2D eigenvalue weighted by Crippen LogP contribution is -2.46. The second-order valence-electron chi connectivity index (χ2n) is 7.25. The summed E-state index contributed by atoms with van der Waals surface area (Å²) in [4.78, 5) is 36.9. The maximum Gasteiger partial charge on any atom is 0.338 e. The third-order valence-electron chi connectivity index (χ3n) is 5.67. The van der Waals surface area contributed by atoms with Crippen molar-refractivity contribution in [3.63, 3.8) is 0 Å². The summed E-state index contributed by atoms with van der Waals surface area (Å²) in [6.45, 7) is 1.11. The molecule has 8 nitrogen and oxygen atoms in total. The zero-order valence-corrected chi connectivity index (χ0v) is 15.5. The number of carbonyl (C=O) groups is 2. The number of piperidine rings is 1. The van der Waals surface area contributed by atoms with Crippen molar-refractivity contribution in [3.05, 3.63) is 33.9 Å². The van der Waals surface area contributed by atoms with Gasteiger partial charge in [0, 0.05) is 26.2 Å². The highest BCUT2D eigenvalue weighted by atomic mass is 16.6. The van der Waals surface area contributed by atoms with Crippen molar-refractivity contribution < 1.29 is 19.2 Å².